The average molecular weight is 290 g/mol. The van der Waals surface area contributed by atoms with Gasteiger partial charge in [0.05, 0.1) is 17.1 Å². The van der Waals surface area contributed by atoms with E-state index in [9.17, 15) is 14.6 Å². The molecule has 0 saturated heterocycles. The minimum Gasteiger partial charge on any atom is -0.390 e. The predicted octanol–water partition coefficient (Wildman–Crippen LogP) is 2.29. The molecule has 0 bridgehead atoms. The topological polar surface area (TPSA) is 89.2 Å². The lowest BCUT2D eigenvalue weighted by Gasteiger charge is -2.17. The molecule has 0 heterocycles. The van der Waals surface area contributed by atoms with Crippen LogP contribution in [0.5, 0.6) is 0 Å². The third kappa shape index (κ3) is 2.93. The second kappa shape index (κ2) is 5.81. The Kier molecular flexibility index (Phi) is 4.70. The molecule has 0 aromatic heterocycles. The van der Waals surface area contributed by atoms with Crippen molar-refractivity contribution < 1.29 is 14.6 Å². The van der Waals surface area contributed by atoms with Crippen molar-refractivity contribution in [2.24, 2.45) is 5.11 Å². The molecule has 1 rings (SSSR count). The molecule has 0 aliphatic rings. The van der Waals surface area contributed by atoms with Crippen LogP contribution in [0, 0.1) is 5.82 Å². The highest BCUT2D eigenvalue weighted by Crippen LogP contribution is 2.28. The Bertz CT molecular complexity index is 423. The average Bonchev–Trinajstić information content (AvgIpc) is 2.28. The fraction of sp³-hybridized carbons (Fsp3) is 0.333. The number of halogens is 2. The van der Waals surface area contributed by atoms with Crippen LogP contribution in [0.3, 0.4) is 0 Å². The molecule has 86 valence electrons. The summed E-state index contributed by atoms with van der Waals surface area (Å²) < 4.78 is 13.2. The van der Waals surface area contributed by atoms with Gasteiger partial charge in [0.2, 0.25) is 0 Å². The van der Waals surface area contributed by atoms with Crippen molar-refractivity contribution in [1.29, 1.82) is 0 Å². The molecule has 1 aromatic carbocycles. The van der Waals surface area contributed by atoms with Crippen molar-refractivity contribution in [3.63, 3.8) is 0 Å². The van der Waals surface area contributed by atoms with E-state index < -0.39 is 18.0 Å². The zero-order valence-electron chi connectivity index (χ0n) is 8.09. The first-order chi connectivity index (χ1) is 7.57. The van der Waals surface area contributed by atoms with Crippen LogP contribution in [-0.4, -0.2) is 22.9 Å². The molecular formula is C9H9BrFN3O2. The highest BCUT2D eigenvalue weighted by molar-refractivity contribution is 9.10. The van der Waals surface area contributed by atoms with Gasteiger partial charge in [0.15, 0.2) is 0 Å². The number of nitrogens with zero attached hydrogens (tertiary/aromatic N) is 3. The number of hydrogen-bond donors (Lipinski definition) is 2. The van der Waals surface area contributed by atoms with E-state index >= 15 is 0 Å². The standard InChI is InChI=1S/C9H9BrFN3O2/c10-8-5(2-1-3-6(8)11)9(16)7(15)4-13-14-12/h1-3,7,9,15-16H,4H2. The summed E-state index contributed by atoms with van der Waals surface area (Å²) in [6.45, 7) is -0.277. The molecule has 5 nitrogen and oxygen atoms in total. The maximum absolute atomic E-state index is 13.1. The van der Waals surface area contributed by atoms with Crippen molar-refractivity contribution in [2.45, 2.75) is 12.2 Å². The summed E-state index contributed by atoms with van der Waals surface area (Å²) in [6.07, 6.45) is -2.58. The van der Waals surface area contributed by atoms with Gasteiger partial charge in [0.25, 0.3) is 0 Å². The number of aliphatic hydroxyl groups excluding tert-OH is 2. The van der Waals surface area contributed by atoms with Crippen LogP contribution < -0.4 is 0 Å². The van der Waals surface area contributed by atoms with E-state index in [0.717, 1.165) is 0 Å². The number of azide groups is 1. The normalized spacial score (nSPS) is 14.0. The van der Waals surface area contributed by atoms with Crippen molar-refractivity contribution in [2.75, 3.05) is 6.54 Å². The molecule has 0 spiro atoms. The molecule has 2 atom stereocenters. The molecule has 2 unspecified atom stereocenters. The van der Waals surface area contributed by atoms with Gasteiger partial charge in [-0.2, -0.15) is 0 Å². The summed E-state index contributed by atoms with van der Waals surface area (Å²) in [5, 5.41) is 22.3. The Balaban J connectivity index is 2.91. The van der Waals surface area contributed by atoms with Crippen molar-refractivity contribution in [1.82, 2.24) is 0 Å². The third-order valence-corrected chi connectivity index (χ3v) is 2.83. The Morgan fingerprint density at radius 2 is 2.19 bits per heavy atom. The summed E-state index contributed by atoms with van der Waals surface area (Å²) in [6, 6.07) is 4.11. The highest BCUT2D eigenvalue weighted by Gasteiger charge is 2.21. The van der Waals surface area contributed by atoms with Crippen molar-refractivity contribution >= 4 is 15.9 Å². The van der Waals surface area contributed by atoms with E-state index in [1.807, 2.05) is 0 Å². The van der Waals surface area contributed by atoms with E-state index in [1.54, 1.807) is 0 Å². The molecule has 0 radical (unpaired) electrons. The molecule has 0 saturated carbocycles. The SMILES string of the molecule is [N-]=[N+]=NCC(O)C(O)c1cccc(F)c1Br. The molecule has 7 heteroatoms. The minimum absolute atomic E-state index is 0.0856. The largest absolute Gasteiger partial charge is 0.390 e. The maximum atomic E-state index is 13.1. The summed E-state index contributed by atoms with van der Waals surface area (Å²) in [7, 11) is 0. The first kappa shape index (κ1) is 12.9. The van der Waals surface area contributed by atoms with Gasteiger partial charge in [-0.25, -0.2) is 4.39 Å². The second-order valence-electron chi connectivity index (χ2n) is 3.07. The molecule has 0 aliphatic heterocycles. The molecule has 0 fully saturated rings. The number of hydrogen-bond acceptors (Lipinski definition) is 3. The van der Waals surface area contributed by atoms with E-state index in [1.165, 1.54) is 18.2 Å². The lowest BCUT2D eigenvalue weighted by molar-refractivity contribution is 0.0238. The van der Waals surface area contributed by atoms with E-state index in [4.69, 9.17) is 5.53 Å². The van der Waals surface area contributed by atoms with E-state index in [-0.39, 0.29) is 16.6 Å². The molecule has 2 N–H and O–H groups in total. The quantitative estimate of drug-likeness (QED) is 0.506. The van der Waals surface area contributed by atoms with Gasteiger partial charge < -0.3 is 10.2 Å². The zero-order valence-corrected chi connectivity index (χ0v) is 9.67. The summed E-state index contributed by atoms with van der Waals surface area (Å²) in [4.78, 5) is 2.46. The first-order valence-corrected chi connectivity index (χ1v) is 5.18. The van der Waals surface area contributed by atoms with E-state index in [0.29, 0.717) is 0 Å². The summed E-state index contributed by atoms with van der Waals surface area (Å²) >= 11 is 2.97. The van der Waals surface area contributed by atoms with Crippen LogP contribution in [0.2, 0.25) is 0 Å². The van der Waals surface area contributed by atoms with Crippen LogP contribution in [0.25, 0.3) is 10.4 Å². The van der Waals surface area contributed by atoms with Gasteiger partial charge in [-0.05, 0) is 27.5 Å². The van der Waals surface area contributed by atoms with Gasteiger partial charge in [0, 0.05) is 10.5 Å². The van der Waals surface area contributed by atoms with E-state index in [2.05, 4.69) is 26.0 Å². The maximum Gasteiger partial charge on any atom is 0.137 e. The lowest BCUT2D eigenvalue weighted by atomic mass is 10.0. The minimum atomic E-state index is -1.31. The second-order valence-corrected chi connectivity index (χ2v) is 3.86. The van der Waals surface area contributed by atoms with Crippen molar-refractivity contribution in [3.05, 3.63) is 44.5 Å². The van der Waals surface area contributed by atoms with Crippen LogP contribution in [-0.2, 0) is 0 Å². The Labute approximate surface area is 99.3 Å². The summed E-state index contributed by atoms with van der Waals surface area (Å²) in [5.41, 5.74) is 8.27. The Morgan fingerprint density at radius 1 is 1.50 bits per heavy atom. The monoisotopic (exact) mass is 289 g/mol. The number of rotatable bonds is 4. The smallest absolute Gasteiger partial charge is 0.137 e. The fourth-order valence-corrected chi connectivity index (χ4v) is 1.68. The van der Waals surface area contributed by atoms with Crippen LogP contribution in [0.4, 0.5) is 4.39 Å². The molecular weight excluding hydrogens is 281 g/mol. The first-order valence-electron chi connectivity index (χ1n) is 4.38. The Morgan fingerprint density at radius 3 is 2.81 bits per heavy atom. The Hall–Kier alpha value is -1.14. The lowest BCUT2D eigenvalue weighted by Crippen LogP contribution is -2.21. The van der Waals surface area contributed by atoms with Gasteiger partial charge in [-0.3, -0.25) is 0 Å². The van der Waals surface area contributed by atoms with Gasteiger partial charge in [0.1, 0.15) is 11.9 Å². The zero-order chi connectivity index (χ0) is 12.1. The highest BCUT2D eigenvalue weighted by atomic mass is 79.9. The molecule has 0 aliphatic carbocycles. The predicted molar refractivity (Wildman–Crippen MR) is 59.1 cm³/mol. The van der Waals surface area contributed by atoms with Crippen molar-refractivity contribution in [3.8, 4) is 0 Å². The molecule has 0 amide bonds. The summed E-state index contributed by atoms with van der Waals surface area (Å²) in [5.74, 6) is -0.535. The van der Waals surface area contributed by atoms with Gasteiger partial charge >= 0.3 is 0 Å². The van der Waals surface area contributed by atoms with Crippen LogP contribution in [0.1, 0.15) is 11.7 Å². The van der Waals surface area contributed by atoms with Crippen LogP contribution >= 0.6 is 15.9 Å². The van der Waals surface area contributed by atoms with Crippen LogP contribution in [0.15, 0.2) is 27.8 Å². The number of benzene rings is 1. The molecule has 16 heavy (non-hydrogen) atoms. The third-order valence-electron chi connectivity index (χ3n) is 2.00. The fourth-order valence-electron chi connectivity index (χ4n) is 1.18. The van der Waals surface area contributed by atoms with Gasteiger partial charge in [-0.15, -0.1) is 0 Å². The number of aliphatic hydroxyl groups is 2. The van der Waals surface area contributed by atoms with Gasteiger partial charge in [-0.1, -0.05) is 17.2 Å². The molecule has 1 aromatic rings.